The Labute approximate surface area is 164 Å². The molecule has 2 nitrogen and oxygen atoms in total. The molecule has 1 atom stereocenters. The minimum absolute atomic E-state index is 0.538. The molecule has 25 heavy (non-hydrogen) atoms. The lowest BCUT2D eigenvalue weighted by atomic mass is 9.99. The van der Waals surface area contributed by atoms with E-state index in [2.05, 4.69) is 39.4 Å². The maximum absolute atomic E-state index is 5.98. The zero-order valence-electron chi connectivity index (χ0n) is 14.4. The Kier molecular flexibility index (Phi) is 7.21. The first-order valence-corrected chi connectivity index (χ1v) is 10.2. The molecule has 4 heteroatoms. The van der Waals surface area contributed by atoms with Gasteiger partial charge in [0.25, 0.3) is 0 Å². The van der Waals surface area contributed by atoms with Crippen LogP contribution >= 0.6 is 27.5 Å². The van der Waals surface area contributed by atoms with Gasteiger partial charge in [-0.25, -0.2) is 0 Å². The molecule has 1 N–H and O–H groups in total. The van der Waals surface area contributed by atoms with Crippen LogP contribution in [0.5, 0.6) is 5.75 Å². The lowest BCUT2D eigenvalue weighted by Gasteiger charge is -2.10. The molecule has 0 saturated carbocycles. The second-order valence-electron chi connectivity index (χ2n) is 6.78. The minimum Gasteiger partial charge on any atom is -0.489 e. The highest BCUT2D eigenvalue weighted by Crippen LogP contribution is 2.24. The van der Waals surface area contributed by atoms with Crippen LogP contribution in [0.2, 0.25) is 5.02 Å². The molecule has 1 saturated heterocycles. The molecule has 1 heterocycles. The summed E-state index contributed by atoms with van der Waals surface area (Å²) in [4.78, 5) is 0. The number of benzene rings is 2. The summed E-state index contributed by atoms with van der Waals surface area (Å²) in [5, 5.41) is 4.17. The monoisotopic (exact) mass is 421 g/mol. The average molecular weight is 423 g/mol. The van der Waals surface area contributed by atoms with Gasteiger partial charge in [-0.05, 0) is 74.5 Å². The summed E-state index contributed by atoms with van der Waals surface area (Å²) < 4.78 is 6.94. The fraction of sp³-hybridized carbons (Fsp3) is 0.429. The lowest BCUT2D eigenvalue weighted by molar-refractivity contribution is 0.305. The number of ether oxygens (including phenoxy) is 1. The van der Waals surface area contributed by atoms with Crippen molar-refractivity contribution in [3.8, 4) is 5.75 Å². The predicted octanol–water partition coefficient (Wildman–Crippen LogP) is 6.00. The quantitative estimate of drug-likeness (QED) is 0.526. The van der Waals surface area contributed by atoms with Crippen LogP contribution in [0.15, 0.2) is 46.9 Å². The molecule has 2 aromatic rings. The highest BCUT2D eigenvalue weighted by molar-refractivity contribution is 9.10. The van der Waals surface area contributed by atoms with Gasteiger partial charge in [-0.15, -0.1) is 0 Å². The van der Waals surface area contributed by atoms with Crippen molar-refractivity contribution in [2.75, 3.05) is 13.1 Å². The maximum Gasteiger partial charge on any atom is 0.120 e. The van der Waals surface area contributed by atoms with Gasteiger partial charge in [0.15, 0.2) is 0 Å². The molecule has 3 rings (SSSR count). The summed E-state index contributed by atoms with van der Waals surface area (Å²) in [7, 11) is 0. The van der Waals surface area contributed by atoms with E-state index in [1.54, 1.807) is 0 Å². The number of nitrogens with one attached hydrogen (secondary N) is 1. The van der Waals surface area contributed by atoms with Crippen LogP contribution in [0.25, 0.3) is 0 Å². The van der Waals surface area contributed by atoms with Crippen LogP contribution in [-0.4, -0.2) is 13.1 Å². The number of rotatable bonds is 8. The zero-order valence-corrected chi connectivity index (χ0v) is 16.8. The van der Waals surface area contributed by atoms with Crippen molar-refractivity contribution < 1.29 is 4.74 Å². The van der Waals surface area contributed by atoms with E-state index in [4.69, 9.17) is 16.3 Å². The topological polar surface area (TPSA) is 21.3 Å². The van der Waals surface area contributed by atoms with Crippen molar-refractivity contribution in [3.05, 3.63) is 63.1 Å². The summed E-state index contributed by atoms with van der Waals surface area (Å²) in [6.07, 6.45) is 6.40. The fourth-order valence-electron chi connectivity index (χ4n) is 3.31. The second kappa shape index (κ2) is 9.61. The Balaban J connectivity index is 1.45. The molecule has 1 aliphatic heterocycles. The first-order chi connectivity index (χ1) is 12.2. The van der Waals surface area contributed by atoms with Gasteiger partial charge in [-0.2, -0.15) is 0 Å². The maximum atomic E-state index is 5.98. The van der Waals surface area contributed by atoms with E-state index < -0.39 is 0 Å². The average Bonchev–Trinajstić information content (AvgIpc) is 3.12. The molecular formula is C21H25BrClNO. The smallest absolute Gasteiger partial charge is 0.120 e. The third-order valence-electron chi connectivity index (χ3n) is 4.80. The number of aryl methyl sites for hydroxylation is 1. The molecule has 134 valence electrons. The van der Waals surface area contributed by atoms with Crippen LogP contribution in [0, 0.1) is 5.92 Å². The van der Waals surface area contributed by atoms with Gasteiger partial charge in [0.05, 0.1) is 0 Å². The van der Waals surface area contributed by atoms with E-state index in [-0.39, 0.29) is 0 Å². The number of hydrogen-bond donors (Lipinski definition) is 1. The molecule has 0 aromatic heterocycles. The van der Waals surface area contributed by atoms with Gasteiger partial charge in [0, 0.05) is 15.1 Å². The number of hydrogen-bond acceptors (Lipinski definition) is 2. The first kappa shape index (κ1) is 18.8. The standard InChI is InChI=1S/C21H25BrClNO/c22-21-13-19(23)9-8-18(21)15-25-20-7-3-6-16(12-20)4-1-2-5-17-10-11-24-14-17/h3,6-9,12-13,17,24H,1-2,4-5,10-11,14-15H2. The molecule has 0 amide bonds. The molecule has 1 fully saturated rings. The highest BCUT2D eigenvalue weighted by Gasteiger charge is 2.13. The molecule has 2 aromatic carbocycles. The van der Waals surface area contributed by atoms with Crippen LogP contribution < -0.4 is 10.1 Å². The van der Waals surface area contributed by atoms with Crippen molar-refractivity contribution in [2.24, 2.45) is 5.92 Å². The molecular weight excluding hydrogens is 398 g/mol. The predicted molar refractivity (Wildman–Crippen MR) is 108 cm³/mol. The molecule has 1 aliphatic rings. The van der Waals surface area contributed by atoms with Crippen LogP contribution in [0.1, 0.15) is 36.8 Å². The van der Waals surface area contributed by atoms with Crippen molar-refractivity contribution in [1.29, 1.82) is 0 Å². The Morgan fingerprint density at radius 1 is 1.16 bits per heavy atom. The summed E-state index contributed by atoms with van der Waals surface area (Å²) in [6.45, 7) is 2.95. The fourth-order valence-corrected chi connectivity index (χ4v) is 4.11. The van der Waals surface area contributed by atoms with Crippen molar-refractivity contribution in [1.82, 2.24) is 5.32 Å². The lowest BCUT2D eigenvalue weighted by Crippen LogP contribution is -2.08. The van der Waals surface area contributed by atoms with E-state index in [1.165, 1.54) is 44.3 Å². The molecule has 0 radical (unpaired) electrons. The first-order valence-electron chi connectivity index (χ1n) is 9.07. The summed E-state index contributed by atoms with van der Waals surface area (Å²) in [6, 6.07) is 14.3. The van der Waals surface area contributed by atoms with Crippen molar-refractivity contribution in [3.63, 3.8) is 0 Å². The Morgan fingerprint density at radius 2 is 2.08 bits per heavy atom. The van der Waals surface area contributed by atoms with E-state index in [1.807, 2.05) is 24.3 Å². The van der Waals surface area contributed by atoms with E-state index in [0.29, 0.717) is 6.61 Å². The number of unbranched alkanes of at least 4 members (excludes halogenated alkanes) is 1. The Morgan fingerprint density at radius 3 is 2.88 bits per heavy atom. The van der Waals surface area contributed by atoms with Crippen LogP contribution in [0.4, 0.5) is 0 Å². The van der Waals surface area contributed by atoms with E-state index in [9.17, 15) is 0 Å². The van der Waals surface area contributed by atoms with Gasteiger partial charge >= 0.3 is 0 Å². The van der Waals surface area contributed by atoms with Crippen LogP contribution in [0.3, 0.4) is 0 Å². The van der Waals surface area contributed by atoms with Gasteiger partial charge in [0.1, 0.15) is 12.4 Å². The SMILES string of the molecule is Clc1ccc(COc2cccc(CCCCC3CCNC3)c2)c(Br)c1. The van der Waals surface area contributed by atoms with Gasteiger partial charge < -0.3 is 10.1 Å². The second-order valence-corrected chi connectivity index (χ2v) is 8.07. The van der Waals surface area contributed by atoms with E-state index in [0.717, 1.165) is 33.1 Å². The van der Waals surface area contributed by atoms with Gasteiger partial charge in [-0.1, -0.05) is 52.2 Å². The molecule has 0 bridgehead atoms. The van der Waals surface area contributed by atoms with Gasteiger partial charge in [-0.3, -0.25) is 0 Å². The summed E-state index contributed by atoms with van der Waals surface area (Å²) in [5.41, 5.74) is 2.46. The summed E-state index contributed by atoms with van der Waals surface area (Å²) >= 11 is 9.52. The molecule has 0 aliphatic carbocycles. The highest BCUT2D eigenvalue weighted by atomic mass is 79.9. The normalized spacial score (nSPS) is 17.0. The third-order valence-corrected chi connectivity index (χ3v) is 5.77. The molecule has 0 spiro atoms. The van der Waals surface area contributed by atoms with Gasteiger partial charge in [0.2, 0.25) is 0 Å². The van der Waals surface area contributed by atoms with Crippen LogP contribution in [-0.2, 0) is 13.0 Å². The Hall–Kier alpha value is -1.03. The Bertz CT molecular complexity index is 685. The largest absolute Gasteiger partial charge is 0.489 e. The molecule has 1 unspecified atom stereocenters. The van der Waals surface area contributed by atoms with Crippen molar-refractivity contribution in [2.45, 2.75) is 38.7 Å². The van der Waals surface area contributed by atoms with E-state index >= 15 is 0 Å². The number of halogens is 2. The van der Waals surface area contributed by atoms with Crippen molar-refractivity contribution >= 4 is 27.5 Å². The summed E-state index contributed by atoms with van der Waals surface area (Å²) in [5.74, 6) is 1.83. The third kappa shape index (κ3) is 6.02. The minimum atomic E-state index is 0.538. The zero-order chi connectivity index (χ0) is 17.5.